The van der Waals surface area contributed by atoms with Gasteiger partial charge in [0.1, 0.15) is 0 Å². The number of piperidine rings is 1. The lowest BCUT2D eigenvalue weighted by Crippen LogP contribution is -2.47. The molecule has 2 aliphatic rings. The lowest BCUT2D eigenvalue weighted by Gasteiger charge is -2.37. The molecule has 0 radical (unpaired) electrons. The number of rotatable bonds is 4. The molecule has 4 atom stereocenters. The number of likely N-dealkylation sites (tertiary alicyclic amines) is 1. The summed E-state index contributed by atoms with van der Waals surface area (Å²) >= 11 is 0. The van der Waals surface area contributed by atoms with Crippen LogP contribution < -0.4 is 0 Å². The normalized spacial score (nSPS) is 37.2. The van der Waals surface area contributed by atoms with Crippen molar-refractivity contribution in [3.05, 3.63) is 0 Å². The van der Waals surface area contributed by atoms with E-state index < -0.39 is 0 Å². The molecule has 17 heavy (non-hydrogen) atoms. The van der Waals surface area contributed by atoms with Crippen LogP contribution in [0.15, 0.2) is 0 Å². The number of ether oxygens (including phenoxy) is 2. The molecular weight excluding hydrogens is 218 g/mol. The topological polar surface area (TPSA) is 41.9 Å². The summed E-state index contributed by atoms with van der Waals surface area (Å²) in [4.78, 5) is 2.33. The van der Waals surface area contributed by atoms with Gasteiger partial charge in [0.05, 0.1) is 18.8 Å². The third kappa shape index (κ3) is 3.41. The lowest BCUT2D eigenvalue weighted by atomic mass is 9.94. The van der Waals surface area contributed by atoms with Crippen LogP contribution in [-0.4, -0.2) is 62.2 Å². The molecule has 0 amide bonds. The van der Waals surface area contributed by atoms with Gasteiger partial charge in [-0.25, -0.2) is 0 Å². The number of hydrogen-bond donors (Lipinski definition) is 1. The monoisotopic (exact) mass is 243 g/mol. The van der Waals surface area contributed by atoms with Crippen molar-refractivity contribution in [1.82, 2.24) is 4.90 Å². The smallest absolute Gasteiger partial charge is 0.0724 e. The zero-order valence-electron chi connectivity index (χ0n) is 11.0. The van der Waals surface area contributed by atoms with E-state index in [1.807, 2.05) is 0 Å². The van der Waals surface area contributed by atoms with Crippen molar-refractivity contribution >= 4 is 0 Å². The fourth-order valence-electron chi connectivity index (χ4n) is 2.84. The largest absolute Gasteiger partial charge is 0.391 e. The Bertz CT molecular complexity index is 231. The van der Waals surface area contributed by atoms with Gasteiger partial charge in [-0.2, -0.15) is 0 Å². The summed E-state index contributed by atoms with van der Waals surface area (Å²) in [5, 5.41) is 10.2. The fourth-order valence-corrected chi connectivity index (χ4v) is 2.84. The molecule has 4 heteroatoms. The Morgan fingerprint density at radius 2 is 2.29 bits per heavy atom. The molecular formula is C13H25NO3. The first-order chi connectivity index (χ1) is 8.20. The van der Waals surface area contributed by atoms with Gasteiger partial charge in [0, 0.05) is 32.7 Å². The van der Waals surface area contributed by atoms with E-state index in [1.165, 1.54) is 0 Å². The Morgan fingerprint density at radius 3 is 2.94 bits per heavy atom. The van der Waals surface area contributed by atoms with Gasteiger partial charge in [0.2, 0.25) is 0 Å². The van der Waals surface area contributed by atoms with Crippen LogP contribution >= 0.6 is 0 Å². The molecule has 2 rings (SSSR count). The minimum Gasteiger partial charge on any atom is -0.391 e. The first-order valence-electron chi connectivity index (χ1n) is 6.71. The number of methoxy groups -OCH3 is 1. The zero-order valence-corrected chi connectivity index (χ0v) is 11.0. The average Bonchev–Trinajstić information content (AvgIpc) is 2.85. The molecule has 2 heterocycles. The molecule has 1 N–H and O–H groups in total. The molecule has 4 nitrogen and oxygen atoms in total. The Kier molecular flexibility index (Phi) is 4.79. The van der Waals surface area contributed by atoms with Crippen molar-refractivity contribution in [1.29, 1.82) is 0 Å². The molecule has 2 fully saturated rings. The van der Waals surface area contributed by atoms with Gasteiger partial charge < -0.3 is 14.6 Å². The molecule has 0 aliphatic carbocycles. The molecule has 0 aromatic rings. The van der Waals surface area contributed by atoms with Gasteiger partial charge in [0.25, 0.3) is 0 Å². The Morgan fingerprint density at radius 1 is 1.47 bits per heavy atom. The van der Waals surface area contributed by atoms with Crippen LogP contribution in [0.4, 0.5) is 0 Å². The third-order valence-electron chi connectivity index (χ3n) is 4.23. The molecule has 0 spiro atoms. The van der Waals surface area contributed by atoms with Crippen LogP contribution in [0.3, 0.4) is 0 Å². The molecule has 0 aromatic heterocycles. The molecule has 2 aliphatic heterocycles. The average molecular weight is 243 g/mol. The minimum absolute atomic E-state index is 0.247. The van der Waals surface area contributed by atoms with Crippen LogP contribution in [0.1, 0.15) is 19.8 Å². The highest BCUT2D eigenvalue weighted by Crippen LogP contribution is 2.22. The van der Waals surface area contributed by atoms with Crippen molar-refractivity contribution < 1.29 is 14.6 Å². The first kappa shape index (κ1) is 13.3. The maximum atomic E-state index is 10.2. The number of hydrogen-bond acceptors (Lipinski definition) is 4. The maximum absolute atomic E-state index is 10.2. The van der Waals surface area contributed by atoms with E-state index >= 15 is 0 Å². The fraction of sp³-hybridized carbons (Fsp3) is 1.00. The van der Waals surface area contributed by atoms with Crippen LogP contribution in [0, 0.1) is 11.8 Å². The van der Waals surface area contributed by atoms with Crippen molar-refractivity contribution in [3.8, 4) is 0 Å². The van der Waals surface area contributed by atoms with E-state index in [4.69, 9.17) is 9.47 Å². The van der Waals surface area contributed by atoms with E-state index in [2.05, 4.69) is 11.8 Å². The van der Waals surface area contributed by atoms with Gasteiger partial charge in [-0.1, -0.05) is 6.92 Å². The van der Waals surface area contributed by atoms with E-state index in [-0.39, 0.29) is 6.10 Å². The van der Waals surface area contributed by atoms with Crippen LogP contribution in [0.2, 0.25) is 0 Å². The predicted molar refractivity (Wildman–Crippen MR) is 66.0 cm³/mol. The van der Waals surface area contributed by atoms with Gasteiger partial charge in [-0.15, -0.1) is 0 Å². The van der Waals surface area contributed by atoms with Gasteiger partial charge >= 0.3 is 0 Å². The van der Waals surface area contributed by atoms with E-state index in [0.717, 1.165) is 45.7 Å². The van der Waals surface area contributed by atoms with Crippen LogP contribution in [0.5, 0.6) is 0 Å². The lowest BCUT2D eigenvalue weighted by molar-refractivity contribution is -0.0257. The number of aliphatic hydroxyl groups excluding tert-OH is 1. The second-order valence-corrected chi connectivity index (χ2v) is 5.49. The van der Waals surface area contributed by atoms with Gasteiger partial charge in [0.15, 0.2) is 0 Å². The summed E-state index contributed by atoms with van der Waals surface area (Å²) in [6.07, 6.45) is 2.23. The van der Waals surface area contributed by atoms with E-state index in [0.29, 0.717) is 17.9 Å². The first-order valence-corrected chi connectivity index (χ1v) is 6.71. The number of aliphatic hydroxyl groups is 1. The van der Waals surface area contributed by atoms with Gasteiger partial charge in [-0.05, 0) is 25.3 Å². The second-order valence-electron chi connectivity index (χ2n) is 5.49. The Balaban J connectivity index is 1.78. The summed E-state index contributed by atoms with van der Waals surface area (Å²) in [7, 11) is 1.78. The van der Waals surface area contributed by atoms with Crippen molar-refractivity contribution in [3.63, 3.8) is 0 Å². The highest BCUT2D eigenvalue weighted by molar-refractivity contribution is 4.82. The Labute approximate surface area is 104 Å². The molecule has 0 saturated carbocycles. The Hall–Kier alpha value is -0.160. The van der Waals surface area contributed by atoms with Crippen LogP contribution in [-0.2, 0) is 9.47 Å². The van der Waals surface area contributed by atoms with Crippen molar-refractivity contribution in [2.75, 3.05) is 40.0 Å². The summed E-state index contributed by atoms with van der Waals surface area (Å²) in [6, 6.07) is 0. The second kappa shape index (κ2) is 6.14. The summed E-state index contributed by atoms with van der Waals surface area (Å²) in [5.74, 6) is 0.957. The van der Waals surface area contributed by atoms with Gasteiger partial charge in [-0.3, -0.25) is 4.90 Å². The quantitative estimate of drug-likeness (QED) is 0.791. The number of nitrogens with zero attached hydrogens (tertiary/aromatic N) is 1. The predicted octanol–water partition coefficient (Wildman–Crippen LogP) is 0.741. The zero-order chi connectivity index (χ0) is 12.3. The molecule has 0 aromatic carbocycles. The highest BCUT2D eigenvalue weighted by Gasteiger charge is 2.30. The van der Waals surface area contributed by atoms with E-state index in [1.54, 1.807) is 7.11 Å². The molecule has 4 unspecified atom stereocenters. The van der Waals surface area contributed by atoms with E-state index in [9.17, 15) is 5.11 Å². The molecule has 2 saturated heterocycles. The summed E-state index contributed by atoms with van der Waals surface area (Å²) in [5.41, 5.74) is 0. The molecule has 0 bridgehead atoms. The standard InChI is InChI=1S/C13H25NO3/c1-10-3-5-14(8-13(10)16-2)7-12(15)11-4-6-17-9-11/h10-13,15H,3-9H2,1-2H3. The number of β-amino-alcohol motifs (C(OH)–C–C–N with tert-alkyl or cyclic N) is 1. The third-order valence-corrected chi connectivity index (χ3v) is 4.23. The summed E-state index contributed by atoms with van der Waals surface area (Å²) in [6.45, 7) is 6.56. The highest BCUT2D eigenvalue weighted by atomic mass is 16.5. The minimum atomic E-state index is -0.247. The molecule has 100 valence electrons. The van der Waals surface area contributed by atoms with Crippen molar-refractivity contribution in [2.45, 2.75) is 32.0 Å². The van der Waals surface area contributed by atoms with Crippen LogP contribution in [0.25, 0.3) is 0 Å². The maximum Gasteiger partial charge on any atom is 0.0724 e. The van der Waals surface area contributed by atoms with Crippen molar-refractivity contribution in [2.24, 2.45) is 11.8 Å². The summed E-state index contributed by atoms with van der Waals surface area (Å²) < 4.78 is 10.8. The SMILES string of the molecule is COC1CN(CC(O)C2CCOC2)CCC1C.